The lowest BCUT2D eigenvalue weighted by Crippen LogP contribution is -2.35. The first-order valence-electron chi connectivity index (χ1n) is 5.46. The Bertz CT molecular complexity index is 364. The topological polar surface area (TPSA) is 55.1 Å². The third kappa shape index (κ3) is 1.44. The summed E-state index contributed by atoms with van der Waals surface area (Å²) in [5.74, 6) is -0.699. The Labute approximate surface area is 88.9 Å². The van der Waals surface area contributed by atoms with Crippen molar-refractivity contribution >= 4 is 5.97 Å². The third-order valence-electron chi connectivity index (χ3n) is 3.37. The Kier molecular flexibility index (Phi) is 2.50. The van der Waals surface area contributed by atoms with Gasteiger partial charge in [0.05, 0.1) is 5.69 Å². The van der Waals surface area contributed by atoms with E-state index in [4.69, 9.17) is 0 Å². The van der Waals surface area contributed by atoms with Crippen molar-refractivity contribution in [3.63, 3.8) is 0 Å². The number of aromatic nitrogens is 2. The predicted molar refractivity (Wildman–Crippen MR) is 55.7 cm³/mol. The second kappa shape index (κ2) is 3.68. The molecule has 0 spiro atoms. The maximum atomic E-state index is 11.4. The van der Waals surface area contributed by atoms with Gasteiger partial charge in [-0.3, -0.25) is 9.48 Å². The molecular formula is C11H16N2O2. The number of carboxylic acids is 1. The molecular weight excluding hydrogens is 192 g/mol. The molecule has 1 N–H and O–H groups in total. The lowest BCUT2D eigenvalue weighted by atomic mass is 9.82. The predicted octanol–water partition coefficient (Wildman–Crippen LogP) is 1.80. The monoisotopic (exact) mass is 208 g/mol. The van der Waals surface area contributed by atoms with Crippen LogP contribution in [0.1, 0.15) is 38.3 Å². The number of hydrogen-bond acceptors (Lipinski definition) is 2. The maximum Gasteiger partial charge on any atom is 0.315 e. The van der Waals surface area contributed by atoms with Crippen molar-refractivity contribution in [2.24, 2.45) is 0 Å². The molecule has 4 heteroatoms. The number of rotatable bonds is 3. The molecule has 0 radical (unpaired) electrons. The Hall–Kier alpha value is -1.32. The summed E-state index contributed by atoms with van der Waals surface area (Å²) in [7, 11) is 0. The van der Waals surface area contributed by atoms with Crippen molar-refractivity contribution in [2.45, 2.75) is 44.6 Å². The number of carbonyl (C=O) groups is 1. The summed E-state index contributed by atoms with van der Waals surface area (Å²) < 4.78 is 1.80. The summed E-state index contributed by atoms with van der Waals surface area (Å²) in [4.78, 5) is 11.4. The average Bonchev–Trinajstić information content (AvgIpc) is 2.86. The highest BCUT2D eigenvalue weighted by atomic mass is 16.4. The van der Waals surface area contributed by atoms with Crippen LogP contribution >= 0.6 is 0 Å². The zero-order valence-electron chi connectivity index (χ0n) is 8.94. The van der Waals surface area contributed by atoms with Gasteiger partial charge >= 0.3 is 5.97 Å². The molecule has 1 fully saturated rings. The van der Waals surface area contributed by atoms with Gasteiger partial charge in [-0.25, -0.2) is 0 Å². The van der Waals surface area contributed by atoms with Crippen LogP contribution in [-0.2, 0) is 16.8 Å². The molecule has 0 bridgehead atoms. The highest BCUT2D eigenvalue weighted by molar-refractivity contribution is 5.81. The van der Waals surface area contributed by atoms with Crippen molar-refractivity contribution < 1.29 is 9.90 Å². The number of aryl methyl sites for hydroxylation is 1. The Morgan fingerprint density at radius 2 is 2.27 bits per heavy atom. The number of carboxylic acid groups (broad SMARTS) is 1. The van der Waals surface area contributed by atoms with E-state index in [2.05, 4.69) is 5.10 Å². The molecule has 0 amide bonds. The lowest BCUT2D eigenvalue weighted by molar-refractivity contribution is -0.144. The van der Waals surface area contributed by atoms with Gasteiger partial charge in [0, 0.05) is 12.7 Å². The van der Waals surface area contributed by atoms with Gasteiger partial charge < -0.3 is 5.11 Å². The second-order valence-corrected chi connectivity index (χ2v) is 4.13. The first-order chi connectivity index (χ1) is 7.20. The van der Waals surface area contributed by atoms with Gasteiger partial charge in [0.1, 0.15) is 5.41 Å². The summed E-state index contributed by atoms with van der Waals surface area (Å²) in [6.07, 6.45) is 5.19. The molecule has 4 nitrogen and oxygen atoms in total. The second-order valence-electron chi connectivity index (χ2n) is 4.13. The molecule has 1 aromatic rings. The van der Waals surface area contributed by atoms with Crippen molar-refractivity contribution in [2.75, 3.05) is 0 Å². The summed E-state index contributed by atoms with van der Waals surface area (Å²) in [6, 6.07) is 1.85. The zero-order valence-corrected chi connectivity index (χ0v) is 8.94. The van der Waals surface area contributed by atoms with Crippen molar-refractivity contribution in [3.05, 3.63) is 18.0 Å². The van der Waals surface area contributed by atoms with Gasteiger partial charge in [0.15, 0.2) is 0 Å². The van der Waals surface area contributed by atoms with Crippen LogP contribution in [0.4, 0.5) is 0 Å². The largest absolute Gasteiger partial charge is 0.481 e. The summed E-state index contributed by atoms with van der Waals surface area (Å²) >= 11 is 0. The first kappa shape index (κ1) is 10.2. The fourth-order valence-corrected chi connectivity index (χ4v) is 2.55. The van der Waals surface area contributed by atoms with E-state index in [0.717, 1.165) is 37.9 Å². The highest BCUT2D eigenvalue weighted by Crippen LogP contribution is 2.41. The van der Waals surface area contributed by atoms with Gasteiger partial charge in [0.2, 0.25) is 0 Å². The van der Waals surface area contributed by atoms with Crippen LogP contribution in [0.15, 0.2) is 12.3 Å². The smallest absolute Gasteiger partial charge is 0.315 e. The lowest BCUT2D eigenvalue weighted by Gasteiger charge is -2.24. The van der Waals surface area contributed by atoms with Gasteiger partial charge in [-0.15, -0.1) is 0 Å². The summed E-state index contributed by atoms with van der Waals surface area (Å²) in [5, 5.41) is 13.6. The minimum absolute atomic E-state index is 0.674. The molecule has 1 saturated carbocycles. The first-order valence-corrected chi connectivity index (χ1v) is 5.46. The van der Waals surface area contributed by atoms with Crippen molar-refractivity contribution in [3.8, 4) is 0 Å². The molecule has 1 aromatic heterocycles. The molecule has 82 valence electrons. The highest BCUT2D eigenvalue weighted by Gasteiger charge is 2.45. The molecule has 0 unspecified atom stereocenters. The van der Waals surface area contributed by atoms with Crippen LogP contribution in [0, 0.1) is 0 Å². The minimum atomic E-state index is -0.699. The van der Waals surface area contributed by atoms with E-state index in [1.54, 1.807) is 10.9 Å². The summed E-state index contributed by atoms with van der Waals surface area (Å²) in [5.41, 5.74) is 0.196. The molecule has 1 aliphatic rings. The Balaban J connectivity index is 2.45. The molecule has 1 aliphatic carbocycles. The molecule has 15 heavy (non-hydrogen) atoms. The SMILES string of the molecule is CCn1nccc1C1(C(=O)O)CCCC1. The van der Waals surface area contributed by atoms with Crippen molar-refractivity contribution in [1.29, 1.82) is 0 Å². The maximum absolute atomic E-state index is 11.4. The quantitative estimate of drug-likeness (QED) is 0.824. The van der Waals surface area contributed by atoms with E-state index in [0.29, 0.717) is 0 Å². The van der Waals surface area contributed by atoms with E-state index in [-0.39, 0.29) is 0 Å². The standard InChI is InChI=1S/C11H16N2O2/c1-2-13-9(5-8-12-13)11(10(14)15)6-3-4-7-11/h5,8H,2-4,6-7H2,1H3,(H,14,15). The fourth-order valence-electron chi connectivity index (χ4n) is 2.55. The van der Waals surface area contributed by atoms with Crippen LogP contribution in [0.2, 0.25) is 0 Å². The van der Waals surface area contributed by atoms with Crippen molar-refractivity contribution in [1.82, 2.24) is 9.78 Å². The average molecular weight is 208 g/mol. The van der Waals surface area contributed by atoms with Gasteiger partial charge in [-0.2, -0.15) is 5.10 Å². The molecule has 0 aromatic carbocycles. The van der Waals surface area contributed by atoms with E-state index in [1.807, 2.05) is 13.0 Å². The van der Waals surface area contributed by atoms with Crippen LogP contribution in [0.25, 0.3) is 0 Å². The molecule has 0 atom stereocenters. The van der Waals surface area contributed by atoms with Crippen LogP contribution in [-0.4, -0.2) is 20.9 Å². The zero-order chi connectivity index (χ0) is 10.9. The normalized spacial score (nSPS) is 19.3. The number of aliphatic carboxylic acids is 1. The number of nitrogens with zero attached hydrogens (tertiary/aromatic N) is 2. The Morgan fingerprint density at radius 1 is 1.60 bits per heavy atom. The van der Waals surface area contributed by atoms with E-state index >= 15 is 0 Å². The Morgan fingerprint density at radius 3 is 2.80 bits per heavy atom. The van der Waals surface area contributed by atoms with Crippen LogP contribution in [0.3, 0.4) is 0 Å². The van der Waals surface area contributed by atoms with Crippen LogP contribution < -0.4 is 0 Å². The third-order valence-corrected chi connectivity index (χ3v) is 3.37. The molecule has 0 aliphatic heterocycles. The van der Waals surface area contributed by atoms with E-state index in [9.17, 15) is 9.90 Å². The number of hydrogen-bond donors (Lipinski definition) is 1. The van der Waals surface area contributed by atoms with E-state index in [1.165, 1.54) is 0 Å². The molecule has 1 heterocycles. The van der Waals surface area contributed by atoms with Crippen LogP contribution in [0.5, 0.6) is 0 Å². The van der Waals surface area contributed by atoms with E-state index < -0.39 is 11.4 Å². The van der Waals surface area contributed by atoms with Gasteiger partial charge in [0.25, 0.3) is 0 Å². The fraction of sp³-hybridized carbons (Fsp3) is 0.636. The minimum Gasteiger partial charge on any atom is -0.481 e. The molecule has 0 saturated heterocycles. The summed E-state index contributed by atoms with van der Waals surface area (Å²) in [6.45, 7) is 2.72. The van der Waals surface area contributed by atoms with Gasteiger partial charge in [-0.05, 0) is 25.8 Å². The molecule has 2 rings (SSSR count). The van der Waals surface area contributed by atoms with Gasteiger partial charge in [-0.1, -0.05) is 12.8 Å².